The largest absolute Gasteiger partial charge is 0.489 e. The van der Waals surface area contributed by atoms with Crippen molar-refractivity contribution < 1.29 is 13.9 Å². The molecule has 0 aliphatic carbocycles. The summed E-state index contributed by atoms with van der Waals surface area (Å²) in [5.41, 5.74) is 0.501. The highest BCUT2D eigenvalue weighted by Gasteiger charge is 2.08. The molecule has 0 spiro atoms. The number of hydrogen-bond acceptors (Lipinski definition) is 3. The maximum atomic E-state index is 12.7. The zero-order valence-corrected chi connectivity index (χ0v) is 11.0. The second kappa shape index (κ2) is 6.65. The zero-order chi connectivity index (χ0) is 14.4. The molecule has 1 aromatic heterocycles. The predicted octanol–water partition coefficient (Wildman–Crippen LogP) is 2.42. The van der Waals surface area contributed by atoms with Gasteiger partial charge in [0.25, 0.3) is 5.91 Å². The molecule has 104 valence electrons. The van der Waals surface area contributed by atoms with Crippen LogP contribution in [0.2, 0.25) is 0 Å². The predicted molar refractivity (Wildman–Crippen MR) is 73.1 cm³/mol. The summed E-state index contributed by atoms with van der Waals surface area (Å²) in [6.45, 7) is 2.18. The Balaban J connectivity index is 1.82. The van der Waals surface area contributed by atoms with Crippen LogP contribution in [0.3, 0.4) is 0 Å². The highest BCUT2D eigenvalue weighted by atomic mass is 19.1. The fourth-order valence-electron chi connectivity index (χ4n) is 1.62. The topological polar surface area (TPSA) is 51.2 Å². The molecule has 1 amide bonds. The summed E-state index contributed by atoms with van der Waals surface area (Å²) in [7, 11) is 0. The SMILES string of the molecule is C[C@H](CNC(=O)c1cccnc1)Oc1ccc(F)cc1. The molecule has 1 N–H and O–H groups in total. The first-order valence-corrected chi connectivity index (χ1v) is 6.25. The third-order valence-electron chi connectivity index (χ3n) is 2.62. The van der Waals surface area contributed by atoms with Gasteiger partial charge in [0.2, 0.25) is 0 Å². The van der Waals surface area contributed by atoms with Crippen molar-refractivity contribution in [1.82, 2.24) is 10.3 Å². The first kappa shape index (κ1) is 14.0. The summed E-state index contributed by atoms with van der Waals surface area (Å²) in [6, 6.07) is 9.15. The van der Waals surface area contributed by atoms with Gasteiger partial charge in [0.15, 0.2) is 0 Å². The van der Waals surface area contributed by atoms with Crippen molar-refractivity contribution in [2.75, 3.05) is 6.54 Å². The molecule has 2 aromatic rings. The van der Waals surface area contributed by atoms with Gasteiger partial charge in [0.05, 0.1) is 12.1 Å². The molecule has 1 atom stereocenters. The summed E-state index contributed by atoms with van der Waals surface area (Å²) in [5, 5.41) is 2.75. The number of nitrogens with one attached hydrogen (secondary N) is 1. The molecule has 0 saturated carbocycles. The van der Waals surface area contributed by atoms with E-state index in [0.717, 1.165) is 0 Å². The third kappa shape index (κ3) is 4.05. The zero-order valence-electron chi connectivity index (χ0n) is 11.0. The van der Waals surface area contributed by atoms with Gasteiger partial charge in [-0.1, -0.05) is 0 Å². The number of halogens is 1. The molecule has 0 unspecified atom stereocenters. The minimum atomic E-state index is -0.310. The lowest BCUT2D eigenvalue weighted by molar-refractivity contribution is 0.0932. The molecule has 1 heterocycles. The Bertz CT molecular complexity index is 558. The standard InChI is InChI=1S/C15H15FN2O2/c1-11(20-14-6-4-13(16)5-7-14)9-18-15(19)12-3-2-8-17-10-12/h2-8,10-11H,9H2,1H3,(H,18,19)/t11-/m1/s1. The van der Waals surface area contributed by atoms with Gasteiger partial charge in [0.1, 0.15) is 17.7 Å². The fourth-order valence-corrected chi connectivity index (χ4v) is 1.62. The average molecular weight is 274 g/mol. The summed E-state index contributed by atoms with van der Waals surface area (Å²) >= 11 is 0. The molecule has 0 saturated heterocycles. The van der Waals surface area contributed by atoms with Crippen LogP contribution in [0.1, 0.15) is 17.3 Å². The van der Waals surface area contributed by atoms with Crippen LogP contribution in [0.15, 0.2) is 48.8 Å². The first-order valence-electron chi connectivity index (χ1n) is 6.25. The Morgan fingerprint density at radius 1 is 1.35 bits per heavy atom. The van der Waals surface area contributed by atoms with Crippen molar-refractivity contribution in [3.8, 4) is 5.75 Å². The van der Waals surface area contributed by atoms with E-state index in [0.29, 0.717) is 17.9 Å². The summed E-state index contributed by atoms with van der Waals surface area (Å²) < 4.78 is 18.3. The Labute approximate surface area is 116 Å². The van der Waals surface area contributed by atoms with Gasteiger partial charge in [-0.25, -0.2) is 4.39 Å². The molecule has 0 aliphatic heterocycles. The van der Waals surface area contributed by atoms with E-state index in [4.69, 9.17) is 4.74 Å². The lowest BCUT2D eigenvalue weighted by Crippen LogP contribution is -2.33. The van der Waals surface area contributed by atoms with Crippen LogP contribution in [-0.2, 0) is 0 Å². The number of carbonyl (C=O) groups is 1. The van der Waals surface area contributed by atoms with Gasteiger partial charge in [-0.05, 0) is 43.3 Å². The number of rotatable bonds is 5. The van der Waals surface area contributed by atoms with E-state index >= 15 is 0 Å². The molecule has 0 bridgehead atoms. The summed E-state index contributed by atoms with van der Waals surface area (Å²) in [6.07, 6.45) is 2.89. The highest BCUT2D eigenvalue weighted by molar-refractivity contribution is 5.93. The van der Waals surface area contributed by atoms with Gasteiger partial charge in [-0.3, -0.25) is 9.78 Å². The normalized spacial score (nSPS) is 11.7. The van der Waals surface area contributed by atoms with Gasteiger partial charge in [-0.2, -0.15) is 0 Å². The average Bonchev–Trinajstić information content (AvgIpc) is 2.48. The number of ether oxygens (including phenoxy) is 1. The second-order valence-corrected chi connectivity index (χ2v) is 4.33. The van der Waals surface area contributed by atoms with Crippen LogP contribution in [0.25, 0.3) is 0 Å². The van der Waals surface area contributed by atoms with Crippen LogP contribution in [0, 0.1) is 5.82 Å². The van der Waals surface area contributed by atoms with E-state index in [-0.39, 0.29) is 17.8 Å². The molecular weight excluding hydrogens is 259 g/mol. The van der Waals surface area contributed by atoms with Crippen LogP contribution in [0.4, 0.5) is 4.39 Å². The molecule has 2 rings (SSSR count). The number of carbonyl (C=O) groups excluding carboxylic acids is 1. The third-order valence-corrected chi connectivity index (χ3v) is 2.62. The number of hydrogen-bond donors (Lipinski definition) is 1. The van der Waals surface area contributed by atoms with Crippen LogP contribution in [0.5, 0.6) is 5.75 Å². The molecule has 20 heavy (non-hydrogen) atoms. The Morgan fingerprint density at radius 2 is 2.10 bits per heavy atom. The van der Waals surface area contributed by atoms with Crippen molar-refractivity contribution >= 4 is 5.91 Å². The van der Waals surface area contributed by atoms with Gasteiger partial charge in [-0.15, -0.1) is 0 Å². The fraction of sp³-hybridized carbons (Fsp3) is 0.200. The van der Waals surface area contributed by atoms with Crippen LogP contribution >= 0.6 is 0 Å². The first-order chi connectivity index (χ1) is 9.65. The number of pyridine rings is 1. The number of amides is 1. The Morgan fingerprint density at radius 3 is 2.75 bits per heavy atom. The molecule has 4 nitrogen and oxygen atoms in total. The van der Waals surface area contributed by atoms with Crippen LogP contribution < -0.4 is 10.1 Å². The second-order valence-electron chi connectivity index (χ2n) is 4.33. The van der Waals surface area contributed by atoms with Gasteiger partial charge >= 0.3 is 0 Å². The van der Waals surface area contributed by atoms with Crippen molar-refractivity contribution in [1.29, 1.82) is 0 Å². The number of nitrogens with zero attached hydrogens (tertiary/aromatic N) is 1. The minimum absolute atomic E-state index is 0.201. The lowest BCUT2D eigenvalue weighted by Gasteiger charge is -2.15. The van der Waals surface area contributed by atoms with Crippen molar-refractivity contribution in [3.63, 3.8) is 0 Å². The maximum Gasteiger partial charge on any atom is 0.252 e. The van der Waals surface area contributed by atoms with Crippen molar-refractivity contribution in [3.05, 3.63) is 60.2 Å². The molecule has 1 aromatic carbocycles. The number of aromatic nitrogens is 1. The summed E-state index contributed by atoms with van der Waals surface area (Å²) in [5.74, 6) is 0.0528. The van der Waals surface area contributed by atoms with E-state index in [9.17, 15) is 9.18 Å². The summed E-state index contributed by atoms with van der Waals surface area (Å²) in [4.78, 5) is 15.7. The highest BCUT2D eigenvalue weighted by Crippen LogP contribution is 2.12. The van der Waals surface area contributed by atoms with E-state index in [1.807, 2.05) is 6.92 Å². The molecule has 0 radical (unpaired) electrons. The van der Waals surface area contributed by atoms with E-state index in [1.54, 1.807) is 30.5 Å². The van der Waals surface area contributed by atoms with Gasteiger partial charge in [0, 0.05) is 12.4 Å². The maximum absolute atomic E-state index is 12.7. The Kier molecular flexibility index (Phi) is 4.65. The van der Waals surface area contributed by atoms with E-state index < -0.39 is 0 Å². The molecule has 0 aliphatic rings. The van der Waals surface area contributed by atoms with Crippen LogP contribution in [-0.4, -0.2) is 23.5 Å². The molecular formula is C15H15FN2O2. The quantitative estimate of drug-likeness (QED) is 0.911. The lowest BCUT2D eigenvalue weighted by atomic mass is 10.2. The number of benzene rings is 1. The van der Waals surface area contributed by atoms with Crippen molar-refractivity contribution in [2.24, 2.45) is 0 Å². The van der Waals surface area contributed by atoms with E-state index in [2.05, 4.69) is 10.3 Å². The Hall–Kier alpha value is -2.43. The van der Waals surface area contributed by atoms with Gasteiger partial charge < -0.3 is 10.1 Å². The van der Waals surface area contributed by atoms with E-state index in [1.165, 1.54) is 18.3 Å². The molecule has 0 fully saturated rings. The minimum Gasteiger partial charge on any atom is -0.489 e. The van der Waals surface area contributed by atoms with Crippen molar-refractivity contribution in [2.45, 2.75) is 13.0 Å². The molecule has 5 heteroatoms. The smallest absolute Gasteiger partial charge is 0.252 e. The monoisotopic (exact) mass is 274 g/mol.